The Balaban J connectivity index is 2.48. The van der Waals surface area contributed by atoms with E-state index in [-0.39, 0.29) is 5.75 Å². The number of halogens is 1. The van der Waals surface area contributed by atoms with E-state index in [2.05, 4.69) is 0 Å². The van der Waals surface area contributed by atoms with E-state index in [1.807, 2.05) is 0 Å². The van der Waals surface area contributed by atoms with Crippen molar-refractivity contribution >= 4 is 6.29 Å². The summed E-state index contributed by atoms with van der Waals surface area (Å²) in [4.78, 5) is 10.5. The summed E-state index contributed by atoms with van der Waals surface area (Å²) in [7, 11) is 0. The molecule has 1 N–H and O–H groups in total. The van der Waals surface area contributed by atoms with Crippen molar-refractivity contribution in [2.24, 2.45) is 0 Å². The van der Waals surface area contributed by atoms with Gasteiger partial charge in [-0.1, -0.05) is 24.3 Å². The highest BCUT2D eigenvalue weighted by Crippen LogP contribution is 2.24. The molecule has 0 unspecified atom stereocenters. The molecule has 3 heteroatoms. The van der Waals surface area contributed by atoms with Crippen molar-refractivity contribution < 1.29 is 14.3 Å². The monoisotopic (exact) mass is 216 g/mol. The minimum atomic E-state index is -0.449. The first kappa shape index (κ1) is 10.4. The lowest BCUT2D eigenvalue weighted by molar-refractivity contribution is 0.112. The van der Waals surface area contributed by atoms with Crippen LogP contribution in [0.2, 0.25) is 0 Å². The molecular weight excluding hydrogens is 207 g/mol. The molecule has 0 aromatic heterocycles. The van der Waals surface area contributed by atoms with Gasteiger partial charge in [-0.25, -0.2) is 4.39 Å². The zero-order valence-electron chi connectivity index (χ0n) is 8.35. The Morgan fingerprint density at radius 3 is 2.31 bits per heavy atom. The van der Waals surface area contributed by atoms with Gasteiger partial charge in [-0.3, -0.25) is 4.79 Å². The van der Waals surface area contributed by atoms with Gasteiger partial charge in [-0.05, 0) is 23.8 Å². The molecule has 80 valence electrons. The number of phenols is 1. The minimum Gasteiger partial charge on any atom is -0.508 e. The molecule has 0 saturated carbocycles. The number of aromatic hydroxyl groups is 1. The lowest BCUT2D eigenvalue weighted by Gasteiger charge is -2.04. The number of benzene rings is 2. The number of hydrogen-bond acceptors (Lipinski definition) is 2. The van der Waals surface area contributed by atoms with Gasteiger partial charge >= 0.3 is 0 Å². The zero-order valence-corrected chi connectivity index (χ0v) is 8.35. The van der Waals surface area contributed by atoms with Crippen LogP contribution >= 0.6 is 0 Å². The van der Waals surface area contributed by atoms with Crippen LogP contribution in [0.15, 0.2) is 42.5 Å². The molecule has 0 amide bonds. The van der Waals surface area contributed by atoms with E-state index in [4.69, 9.17) is 5.11 Å². The number of hydrogen-bond donors (Lipinski definition) is 1. The average Bonchev–Trinajstić information content (AvgIpc) is 2.30. The van der Waals surface area contributed by atoms with Crippen LogP contribution in [-0.4, -0.2) is 11.4 Å². The second-order valence-electron chi connectivity index (χ2n) is 3.40. The van der Waals surface area contributed by atoms with Crippen LogP contribution < -0.4 is 0 Å². The van der Waals surface area contributed by atoms with Crippen molar-refractivity contribution in [3.8, 4) is 16.9 Å². The fraction of sp³-hybridized carbons (Fsp3) is 0. The van der Waals surface area contributed by atoms with E-state index in [9.17, 15) is 9.18 Å². The fourth-order valence-corrected chi connectivity index (χ4v) is 1.48. The fourth-order valence-electron chi connectivity index (χ4n) is 1.48. The topological polar surface area (TPSA) is 37.3 Å². The number of carbonyl (C=O) groups is 1. The van der Waals surface area contributed by atoms with Gasteiger partial charge in [-0.15, -0.1) is 0 Å². The van der Waals surface area contributed by atoms with Crippen LogP contribution in [0.3, 0.4) is 0 Å². The predicted molar refractivity (Wildman–Crippen MR) is 58.9 cm³/mol. The predicted octanol–water partition coefficient (Wildman–Crippen LogP) is 3.01. The van der Waals surface area contributed by atoms with Crippen LogP contribution in [0.4, 0.5) is 4.39 Å². The van der Waals surface area contributed by atoms with Gasteiger partial charge in [0, 0.05) is 11.1 Å². The standard InChI is InChI=1S/C13H9FO2/c14-13-7-9(8-15)1-6-12(13)10-2-4-11(16)5-3-10/h1-8,16H. The Labute approximate surface area is 92.0 Å². The van der Waals surface area contributed by atoms with Gasteiger partial charge in [0.1, 0.15) is 17.9 Å². The van der Waals surface area contributed by atoms with E-state index < -0.39 is 5.82 Å². The molecule has 0 aliphatic carbocycles. The maximum absolute atomic E-state index is 13.6. The summed E-state index contributed by atoms with van der Waals surface area (Å²) in [6.45, 7) is 0. The molecule has 0 fully saturated rings. The SMILES string of the molecule is O=Cc1ccc(-c2ccc(O)cc2)c(F)c1. The van der Waals surface area contributed by atoms with Gasteiger partial charge in [0.2, 0.25) is 0 Å². The number of rotatable bonds is 2. The third kappa shape index (κ3) is 1.93. The lowest BCUT2D eigenvalue weighted by Crippen LogP contribution is -1.87. The quantitative estimate of drug-likeness (QED) is 0.783. The summed E-state index contributed by atoms with van der Waals surface area (Å²) in [5, 5.41) is 9.11. The lowest BCUT2D eigenvalue weighted by atomic mass is 10.0. The molecule has 2 rings (SSSR count). The van der Waals surface area contributed by atoms with E-state index >= 15 is 0 Å². The van der Waals surface area contributed by atoms with Crippen LogP contribution in [-0.2, 0) is 0 Å². The molecule has 2 aromatic carbocycles. The van der Waals surface area contributed by atoms with Crippen LogP contribution in [0.25, 0.3) is 11.1 Å². The summed E-state index contributed by atoms with van der Waals surface area (Å²) in [6, 6.07) is 10.5. The highest BCUT2D eigenvalue weighted by molar-refractivity contribution is 5.77. The molecule has 2 nitrogen and oxygen atoms in total. The highest BCUT2D eigenvalue weighted by Gasteiger charge is 2.05. The third-order valence-electron chi connectivity index (χ3n) is 2.31. The number of phenolic OH excluding ortho intramolecular Hbond substituents is 1. The molecular formula is C13H9FO2. The third-order valence-corrected chi connectivity index (χ3v) is 2.31. The first-order valence-corrected chi connectivity index (χ1v) is 4.75. The van der Waals surface area contributed by atoms with Crippen LogP contribution in [0.1, 0.15) is 10.4 Å². The number of carbonyl (C=O) groups excluding carboxylic acids is 1. The van der Waals surface area contributed by atoms with Crippen molar-refractivity contribution in [3.05, 3.63) is 53.8 Å². The normalized spacial score (nSPS) is 10.1. The van der Waals surface area contributed by atoms with Crippen molar-refractivity contribution in [3.63, 3.8) is 0 Å². The van der Waals surface area contributed by atoms with E-state index in [0.717, 1.165) is 0 Å². The Hall–Kier alpha value is -2.16. The average molecular weight is 216 g/mol. The Kier molecular flexibility index (Phi) is 2.68. The molecule has 0 heterocycles. The maximum atomic E-state index is 13.6. The van der Waals surface area contributed by atoms with Crippen LogP contribution in [0, 0.1) is 5.82 Å². The summed E-state index contributed by atoms with van der Waals surface area (Å²) in [5.41, 5.74) is 1.37. The summed E-state index contributed by atoms with van der Waals surface area (Å²) < 4.78 is 13.6. The molecule has 0 atom stereocenters. The van der Waals surface area contributed by atoms with Gasteiger partial charge in [-0.2, -0.15) is 0 Å². The first-order chi connectivity index (χ1) is 7.70. The molecule has 0 bridgehead atoms. The van der Waals surface area contributed by atoms with E-state index in [0.29, 0.717) is 23.0 Å². The maximum Gasteiger partial charge on any atom is 0.150 e. The smallest absolute Gasteiger partial charge is 0.150 e. The van der Waals surface area contributed by atoms with Gasteiger partial charge < -0.3 is 5.11 Å². The molecule has 16 heavy (non-hydrogen) atoms. The molecule has 0 aliphatic heterocycles. The molecule has 0 radical (unpaired) electrons. The van der Waals surface area contributed by atoms with Crippen molar-refractivity contribution in [1.29, 1.82) is 0 Å². The second-order valence-corrected chi connectivity index (χ2v) is 3.40. The van der Waals surface area contributed by atoms with E-state index in [1.165, 1.54) is 18.2 Å². The highest BCUT2D eigenvalue weighted by atomic mass is 19.1. The second kappa shape index (κ2) is 4.14. The minimum absolute atomic E-state index is 0.133. The van der Waals surface area contributed by atoms with Gasteiger partial charge in [0.25, 0.3) is 0 Å². The molecule has 0 saturated heterocycles. The molecule has 2 aromatic rings. The molecule has 0 spiro atoms. The van der Waals surface area contributed by atoms with Crippen molar-refractivity contribution in [1.82, 2.24) is 0 Å². The number of aldehydes is 1. The Morgan fingerprint density at radius 2 is 1.75 bits per heavy atom. The largest absolute Gasteiger partial charge is 0.508 e. The molecule has 0 aliphatic rings. The van der Waals surface area contributed by atoms with E-state index in [1.54, 1.807) is 24.3 Å². The van der Waals surface area contributed by atoms with Gasteiger partial charge in [0.05, 0.1) is 0 Å². The first-order valence-electron chi connectivity index (χ1n) is 4.75. The Bertz CT molecular complexity index is 518. The summed E-state index contributed by atoms with van der Waals surface area (Å²) in [5.74, 6) is -0.316. The summed E-state index contributed by atoms with van der Waals surface area (Å²) in [6.07, 6.45) is 0.601. The van der Waals surface area contributed by atoms with Crippen molar-refractivity contribution in [2.75, 3.05) is 0 Å². The van der Waals surface area contributed by atoms with Crippen molar-refractivity contribution in [2.45, 2.75) is 0 Å². The van der Waals surface area contributed by atoms with Gasteiger partial charge in [0.15, 0.2) is 0 Å². The Morgan fingerprint density at radius 1 is 1.06 bits per heavy atom. The summed E-state index contributed by atoms with van der Waals surface area (Å²) >= 11 is 0. The van der Waals surface area contributed by atoms with Crippen LogP contribution in [0.5, 0.6) is 5.75 Å². The zero-order chi connectivity index (χ0) is 11.5.